The van der Waals surface area contributed by atoms with Gasteiger partial charge in [-0.15, -0.1) is 11.3 Å². The van der Waals surface area contributed by atoms with Crippen molar-refractivity contribution in [3.05, 3.63) is 46.7 Å². The molecule has 0 aliphatic carbocycles. The van der Waals surface area contributed by atoms with Crippen molar-refractivity contribution in [1.82, 2.24) is 20.3 Å². The van der Waals surface area contributed by atoms with Crippen LogP contribution in [0.15, 0.2) is 30.5 Å². The molecule has 0 saturated heterocycles. The van der Waals surface area contributed by atoms with Gasteiger partial charge in [-0.1, -0.05) is 19.9 Å². The molecule has 3 rings (SSSR count). The zero-order valence-corrected chi connectivity index (χ0v) is 16.8. The third-order valence-electron chi connectivity index (χ3n) is 3.58. The first kappa shape index (κ1) is 20.7. The maximum atomic E-state index is 12.4. The van der Waals surface area contributed by atoms with Crippen LogP contribution < -0.4 is 10.6 Å². The number of aromatic nitrogens is 3. The molecule has 0 fully saturated rings. The summed E-state index contributed by atoms with van der Waals surface area (Å²) in [6, 6.07) is 7.52. The van der Waals surface area contributed by atoms with E-state index in [1.165, 1.54) is 11.3 Å². The Morgan fingerprint density at radius 1 is 1.30 bits per heavy atom. The number of thiophene rings is 1. The maximum Gasteiger partial charge on any atom is 0.271 e. The van der Waals surface area contributed by atoms with Gasteiger partial charge in [0.05, 0.1) is 28.6 Å². The second kappa shape index (κ2) is 9.94. The van der Waals surface area contributed by atoms with Crippen molar-refractivity contribution in [3.63, 3.8) is 0 Å². The number of anilines is 1. The highest BCUT2D eigenvalue weighted by Gasteiger charge is 2.18. The Kier molecular flexibility index (Phi) is 7.63. The number of carbonyl (C=O) groups excluding carboxylic acids is 1. The molecule has 0 unspecified atom stereocenters. The normalized spacial score (nSPS) is 11.4. The molecule has 3 N–H and O–H groups in total. The average molecular weight is 388 g/mol. The molecule has 0 spiro atoms. The van der Waals surface area contributed by atoms with Crippen molar-refractivity contribution in [2.45, 2.75) is 33.7 Å². The summed E-state index contributed by atoms with van der Waals surface area (Å²) in [4.78, 5) is 26.7. The summed E-state index contributed by atoms with van der Waals surface area (Å²) >= 11 is 1.48. The van der Waals surface area contributed by atoms with E-state index in [4.69, 9.17) is 5.11 Å². The molecule has 0 bridgehead atoms. The topological polar surface area (TPSA) is 100 Å². The van der Waals surface area contributed by atoms with Gasteiger partial charge in [-0.3, -0.25) is 9.78 Å². The minimum Gasteiger partial charge on any atom is -0.395 e. The third kappa shape index (κ3) is 5.21. The van der Waals surface area contributed by atoms with Crippen molar-refractivity contribution in [3.8, 4) is 0 Å². The molecule has 3 aromatic rings. The van der Waals surface area contributed by atoms with Crippen LogP contribution in [0.4, 0.5) is 5.95 Å². The number of hydrogen-bond donors (Lipinski definition) is 3. The predicted molar refractivity (Wildman–Crippen MR) is 109 cm³/mol. The summed E-state index contributed by atoms with van der Waals surface area (Å²) in [7, 11) is 0. The van der Waals surface area contributed by atoms with Gasteiger partial charge in [-0.05, 0) is 32.0 Å². The van der Waals surface area contributed by atoms with Gasteiger partial charge >= 0.3 is 0 Å². The minimum atomic E-state index is -0.322. The number of pyridine rings is 1. The number of carbonyl (C=O) groups is 1. The van der Waals surface area contributed by atoms with E-state index in [1.807, 2.05) is 52.0 Å². The van der Waals surface area contributed by atoms with Gasteiger partial charge in [0.1, 0.15) is 0 Å². The molecule has 1 amide bonds. The number of nitrogens with one attached hydrogen (secondary N) is 2. The lowest BCUT2D eigenvalue weighted by molar-refractivity contribution is 0.0942. The molecule has 0 aliphatic heterocycles. The quantitative estimate of drug-likeness (QED) is 0.600. The monoisotopic (exact) mass is 387 g/mol. The predicted octanol–water partition coefficient (Wildman–Crippen LogP) is 3.32. The molecular weight excluding hydrogens is 362 g/mol. The Hall–Kier alpha value is -2.58. The van der Waals surface area contributed by atoms with Crippen LogP contribution in [-0.2, 0) is 0 Å². The van der Waals surface area contributed by atoms with E-state index in [-0.39, 0.29) is 25.1 Å². The smallest absolute Gasteiger partial charge is 0.271 e. The van der Waals surface area contributed by atoms with E-state index in [2.05, 4.69) is 25.6 Å². The Morgan fingerprint density at radius 3 is 2.74 bits per heavy atom. The first-order valence-corrected chi connectivity index (χ1v) is 9.75. The van der Waals surface area contributed by atoms with Gasteiger partial charge in [-0.2, -0.15) is 0 Å². The van der Waals surface area contributed by atoms with Gasteiger partial charge in [0.25, 0.3) is 5.91 Å². The van der Waals surface area contributed by atoms with Crippen molar-refractivity contribution in [1.29, 1.82) is 0 Å². The van der Waals surface area contributed by atoms with Crippen LogP contribution in [0.1, 0.15) is 47.9 Å². The zero-order chi connectivity index (χ0) is 19.8. The highest BCUT2D eigenvalue weighted by atomic mass is 32.1. The molecule has 1 atom stereocenters. The van der Waals surface area contributed by atoms with Crippen molar-refractivity contribution >= 4 is 33.4 Å². The lowest BCUT2D eigenvalue weighted by Crippen LogP contribution is -2.27. The highest BCUT2D eigenvalue weighted by Crippen LogP contribution is 2.28. The lowest BCUT2D eigenvalue weighted by Gasteiger charge is -2.14. The lowest BCUT2D eigenvalue weighted by atomic mass is 10.2. The van der Waals surface area contributed by atoms with Crippen molar-refractivity contribution in [2.75, 3.05) is 18.5 Å². The van der Waals surface area contributed by atoms with Gasteiger partial charge in [0.2, 0.25) is 5.95 Å². The first-order valence-electron chi connectivity index (χ1n) is 8.93. The van der Waals surface area contributed by atoms with Gasteiger partial charge in [0, 0.05) is 17.6 Å². The number of amides is 1. The second-order valence-electron chi connectivity index (χ2n) is 5.57. The third-order valence-corrected chi connectivity index (χ3v) is 4.63. The minimum absolute atomic E-state index is 0.105. The molecule has 0 aliphatic rings. The fraction of sp³-hybridized carbons (Fsp3) is 0.368. The van der Waals surface area contributed by atoms with Crippen LogP contribution in [-0.4, -0.2) is 39.1 Å². The molecule has 7 nitrogen and oxygen atoms in total. The first-order chi connectivity index (χ1) is 13.1. The maximum absolute atomic E-state index is 12.4. The highest BCUT2D eigenvalue weighted by molar-refractivity contribution is 7.19. The molecule has 3 aromatic heterocycles. The summed E-state index contributed by atoms with van der Waals surface area (Å²) in [6.07, 6.45) is 1.73. The fourth-order valence-corrected chi connectivity index (χ4v) is 3.36. The number of aryl methyl sites for hydroxylation is 1. The molecular formula is C19H25N5O2S. The Bertz CT molecular complexity index is 882. The van der Waals surface area contributed by atoms with E-state index in [0.29, 0.717) is 11.6 Å². The number of nitrogens with zero attached hydrogens (tertiary/aromatic N) is 3. The number of hydrogen-bond acceptors (Lipinski definition) is 7. The standard InChI is InChI=1S/C17H19N5O2S.C2H6/c1-10-9-13-15(25-10)14(16(24)19-7-8-23)22-17(21-13)20-11(2)12-5-3-4-6-18-12;1-2/h3-6,9,11,23H,7-8H2,1-2H3,(H,19,24)(H,20,21,22);1-2H3/t11-;/m0./s1. The summed E-state index contributed by atoms with van der Waals surface area (Å²) in [5, 5.41) is 14.8. The molecule has 8 heteroatoms. The van der Waals surface area contributed by atoms with Crippen LogP contribution in [0.3, 0.4) is 0 Å². The second-order valence-corrected chi connectivity index (χ2v) is 6.82. The van der Waals surface area contributed by atoms with Gasteiger partial charge in [0.15, 0.2) is 5.69 Å². The van der Waals surface area contributed by atoms with Crippen LogP contribution in [0.5, 0.6) is 0 Å². The Labute approximate surface area is 162 Å². The summed E-state index contributed by atoms with van der Waals surface area (Å²) in [6.45, 7) is 7.98. The van der Waals surface area contributed by atoms with Crippen LogP contribution in [0, 0.1) is 6.92 Å². The molecule has 3 heterocycles. The summed E-state index contributed by atoms with van der Waals surface area (Å²) in [5.74, 6) is 0.0504. The summed E-state index contributed by atoms with van der Waals surface area (Å²) in [5.41, 5.74) is 1.90. The van der Waals surface area contributed by atoms with E-state index >= 15 is 0 Å². The Morgan fingerprint density at radius 2 is 2.07 bits per heavy atom. The van der Waals surface area contributed by atoms with Crippen LogP contribution >= 0.6 is 11.3 Å². The van der Waals surface area contributed by atoms with Gasteiger partial charge in [-0.25, -0.2) is 9.97 Å². The van der Waals surface area contributed by atoms with Crippen molar-refractivity contribution < 1.29 is 9.90 Å². The van der Waals surface area contributed by atoms with Crippen LogP contribution in [0.2, 0.25) is 0 Å². The average Bonchev–Trinajstić information content (AvgIpc) is 3.07. The van der Waals surface area contributed by atoms with Crippen LogP contribution in [0.25, 0.3) is 10.2 Å². The van der Waals surface area contributed by atoms with E-state index in [1.54, 1.807) is 6.20 Å². The van der Waals surface area contributed by atoms with Crippen molar-refractivity contribution in [2.24, 2.45) is 0 Å². The number of aliphatic hydroxyl groups excluding tert-OH is 1. The molecule has 0 saturated carbocycles. The SMILES string of the molecule is CC.Cc1cc2nc(N[C@@H](C)c3ccccn3)nc(C(=O)NCCO)c2s1. The molecule has 0 aromatic carbocycles. The molecule has 144 valence electrons. The Balaban J connectivity index is 0.00000126. The summed E-state index contributed by atoms with van der Waals surface area (Å²) < 4.78 is 0.740. The van der Waals surface area contributed by atoms with E-state index in [0.717, 1.165) is 20.8 Å². The fourth-order valence-electron chi connectivity index (χ4n) is 2.42. The van der Waals surface area contributed by atoms with E-state index < -0.39 is 0 Å². The number of fused-ring (bicyclic) bond motifs is 1. The van der Waals surface area contributed by atoms with E-state index in [9.17, 15) is 4.79 Å². The molecule has 27 heavy (non-hydrogen) atoms. The van der Waals surface area contributed by atoms with Gasteiger partial charge < -0.3 is 15.7 Å². The molecule has 0 radical (unpaired) electrons. The number of rotatable bonds is 6. The zero-order valence-electron chi connectivity index (χ0n) is 16.0. The largest absolute Gasteiger partial charge is 0.395 e. The number of aliphatic hydroxyl groups is 1.